The van der Waals surface area contributed by atoms with Gasteiger partial charge in [0.25, 0.3) is 5.56 Å². The summed E-state index contributed by atoms with van der Waals surface area (Å²) in [6.45, 7) is 1.22. The lowest BCUT2D eigenvalue weighted by Crippen LogP contribution is -2.44. The fourth-order valence-corrected chi connectivity index (χ4v) is 9.24. The zero-order valence-electron chi connectivity index (χ0n) is 36.7. The number of aromatic nitrogens is 2. The van der Waals surface area contributed by atoms with Crippen LogP contribution in [0.15, 0.2) is 47.3 Å². The maximum atomic E-state index is 15.4. The highest BCUT2D eigenvalue weighted by atomic mass is 19.1. The molecule has 4 heterocycles. The number of hydrogen-bond acceptors (Lipinski definition) is 13. The van der Waals surface area contributed by atoms with E-state index in [4.69, 9.17) is 15.5 Å². The van der Waals surface area contributed by atoms with Crippen LogP contribution in [-0.2, 0) is 69.9 Å². The number of aliphatic hydroxyl groups is 1. The molecule has 3 aliphatic rings. The number of rotatable bonds is 20. The van der Waals surface area contributed by atoms with E-state index in [1.807, 2.05) is 6.07 Å². The number of fused-ring (bicyclic) bond motifs is 5. The number of hydrogen-bond donors (Lipinski definition) is 6. The van der Waals surface area contributed by atoms with Gasteiger partial charge >= 0.3 is 11.9 Å². The van der Waals surface area contributed by atoms with Crippen molar-refractivity contribution in [3.05, 3.63) is 97.6 Å². The highest BCUT2D eigenvalue weighted by Crippen LogP contribution is 2.46. The van der Waals surface area contributed by atoms with Crippen LogP contribution in [-0.4, -0.2) is 105 Å². The average Bonchev–Trinajstić information content (AvgIpc) is 3.66. The molecule has 18 nitrogen and oxygen atoms in total. The first-order valence-corrected chi connectivity index (χ1v) is 21.9. The highest BCUT2D eigenvalue weighted by molar-refractivity contribution is 5.95. The first-order valence-electron chi connectivity index (χ1n) is 21.9. The van der Waals surface area contributed by atoms with Gasteiger partial charge in [-0.2, -0.15) is 0 Å². The molecule has 0 unspecified atom stereocenters. The summed E-state index contributed by atoms with van der Waals surface area (Å²) < 4.78 is 22.1. The van der Waals surface area contributed by atoms with Crippen molar-refractivity contribution in [2.24, 2.45) is 11.7 Å². The monoisotopic (exact) mass is 909 g/mol. The number of ketones is 2. The van der Waals surface area contributed by atoms with E-state index in [1.165, 1.54) is 15.5 Å². The third-order valence-electron chi connectivity index (χ3n) is 12.7. The van der Waals surface area contributed by atoms with Crippen molar-refractivity contribution in [1.29, 1.82) is 0 Å². The van der Waals surface area contributed by atoms with Crippen molar-refractivity contribution < 1.29 is 52.9 Å². The molecular weight excluding hydrogens is 858 g/mol. The minimum Gasteiger partial charge on any atom is -0.480 e. The Morgan fingerprint density at radius 3 is 2.47 bits per heavy atom. The van der Waals surface area contributed by atoms with Gasteiger partial charge in [0, 0.05) is 41.3 Å². The van der Waals surface area contributed by atoms with Gasteiger partial charge in [-0.3, -0.25) is 38.5 Å². The highest BCUT2D eigenvalue weighted by Gasteiger charge is 2.46. The van der Waals surface area contributed by atoms with Gasteiger partial charge in [-0.05, 0) is 73.9 Å². The molecule has 3 atom stereocenters. The van der Waals surface area contributed by atoms with Crippen LogP contribution in [0.4, 0.5) is 4.39 Å². The molecule has 348 valence electrons. The van der Waals surface area contributed by atoms with Crippen molar-refractivity contribution in [3.8, 4) is 11.4 Å². The number of benzene rings is 2. The van der Waals surface area contributed by atoms with E-state index in [0.717, 1.165) is 5.56 Å². The molecule has 7 rings (SSSR count). The fraction of sp³-hybridized carbons (Fsp3) is 0.426. The van der Waals surface area contributed by atoms with E-state index in [1.54, 1.807) is 44.2 Å². The van der Waals surface area contributed by atoms with Crippen LogP contribution in [0, 0.1) is 18.7 Å². The average molecular weight is 910 g/mol. The van der Waals surface area contributed by atoms with Gasteiger partial charge in [-0.25, -0.2) is 14.2 Å². The quantitative estimate of drug-likeness (QED) is 0.0603. The second kappa shape index (κ2) is 19.8. The van der Waals surface area contributed by atoms with Gasteiger partial charge in [-0.1, -0.05) is 37.3 Å². The lowest BCUT2D eigenvalue weighted by atomic mass is 9.81. The summed E-state index contributed by atoms with van der Waals surface area (Å²) in [6, 6.07) is 11.2. The number of carbonyl (C=O) groups excluding carboxylic acids is 6. The molecule has 0 bridgehead atoms. The largest absolute Gasteiger partial charge is 0.480 e. The molecule has 0 fully saturated rings. The Hall–Kier alpha value is -6.70. The standard InChI is InChI=1S/C47H52FN7O11/c1-3-47(65)33-16-37-43-31(21-55(37)45(63)32(33)24-66-46(47)64)42-35(12-11-30-25(2)34(48)17-36(53-43)41(30)42)52-39(59)22-54(23-40(60)61)13-7-10-28(56)19-51-44(62)27(14-26-8-5-4-6-9-26)15-29(57)20-50-38(58)18-49/h4-6,8-9,16-17,27,35,65H,3,7,10-15,18-24,49H2,1-2H3,(H,50,58)(H,51,62)(H,52,59)(H,60,61)/t27-,35+,47+/m1/s1. The molecule has 0 saturated heterocycles. The molecule has 19 heteroatoms. The Balaban J connectivity index is 1.03. The van der Waals surface area contributed by atoms with Crippen LogP contribution in [0.5, 0.6) is 0 Å². The molecule has 1 aliphatic carbocycles. The Kier molecular flexibility index (Phi) is 14.2. The zero-order valence-corrected chi connectivity index (χ0v) is 36.7. The van der Waals surface area contributed by atoms with Crippen molar-refractivity contribution in [2.75, 3.05) is 39.3 Å². The SMILES string of the molecule is CC[C@@]1(O)C(=O)OCc2c1cc1n(c2=O)Cc2c-1nc1cc(F)c(C)c3c1c2[C@@H](NC(=O)CN(CCCC(=O)CNC(=O)[C@@H](CC(=O)CNC(=O)CN)Cc1ccccc1)CC(=O)O)CC3. The lowest BCUT2D eigenvalue weighted by molar-refractivity contribution is -0.172. The number of Topliss-reactive ketones (excluding diaryl/α,β-unsaturated/α-hetero) is 2. The Labute approximate surface area is 378 Å². The normalized spacial score (nSPS) is 17.3. The summed E-state index contributed by atoms with van der Waals surface area (Å²) in [7, 11) is 0. The van der Waals surface area contributed by atoms with Crippen LogP contribution < -0.4 is 27.2 Å². The summed E-state index contributed by atoms with van der Waals surface area (Å²) in [6.07, 6.45) is 0.800. The number of carboxylic acid groups (broad SMARTS) is 1. The van der Waals surface area contributed by atoms with E-state index in [-0.39, 0.29) is 101 Å². The van der Waals surface area contributed by atoms with Crippen molar-refractivity contribution >= 4 is 52.1 Å². The van der Waals surface area contributed by atoms with Crippen LogP contribution in [0.25, 0.3) is 22.3 Å². The summed E-state index contributed by atoms with van der Waals surface area (Å²) >= 11 is 0. The number of nitrogens with one attached hydrogen (secondary N) is 3. The minimum absolute atomic E-state index is 0.0378. The molecule has 0 saturated carbocycles. The molecule has 2 aromatic heterocycles. The van der Waals surface area contributed by atoms with Crippen molar-refractivity contribution in [1.82, 2.24) is 30.4 Å². The summed E-state index contributed by atoms with van der Waals surface area (Å²) in [5.41, 5.74) is 7.15. The van der Waals surface area contributed by atoms with E-state index >= 15 is 4.39 Å². The number of ether oxygens (including phenoxy) is 1. The first kappa shape index (κ1) is 47.3. The predicted octanol–water partition coefficient (Wildman–Crippen LogP) is 1.38. The smallest absolute Gasteiger partial charge is 0.343 e. The van der Waals surface area contributed by atoms with E-state index in [2.05, 4.69) is 16.0 Å². The van der Waals surface area contributed by atoms with E-state index in [0.29, 0.717) is 57.4 Å². The number of amides is 3. The minimum atomic E-state index is -2.06. The Morgan fingerprint density at radius 2 is 1.76 bits per heavy atom. The molecule has 0 spiro atoms. The van der Waals surface area contributed by atoms with Gasteiger partial charge in [0.1, 0.15) is 12.4 Å². The number of aliphatic carboxylic acids is 1. The molecular formula is C47H52FN7O11. The predicted molar refractivity (Wildman–Crippen MR) is 235 cm³/mol. The lowest BCUT2D eigenvalue weighted by Gasteiger charge is -2.31. The number of esters is 1. The molecule has 4 aromatic rings. The van der Waals surface area contributed by atoms with Gasteiger partial charge < -0.3 is 41.2 Å². The Bertz CT molecular complexity index is 2710. The van der Waals surface area contributed by atoms with Gasteiger partial charge in [0.15, 0.2) is 17.2 Å². The number of pyridine rings is 2. The van der Waals surface area contributed by atoms with E-state index in [9.17, 15) is 48.6 Å². The molecule has 7 N–H and O–H groups in total. The second-order valence-corrected chi connectivity index (χ2v) is 17.0. The second-order valence-electron chi connectivity index (χ2n) is 17.0. The number of halogens is 1. The molecule has 2 aromatic carbocycles. The number of nitrogens with two attached hydrogens (primary N) is 1. The van der Waals surface area contributed by atoms with Crippen LogP contribution in [0.2, 0.25) is 0 Å². The molecule has 3 amide bonds. The summed E-state index contributed by atoms with van der Waals surface area (Å²) in [5.74, 6) is -5.68. The fourth-order valence-electron chi connectivity index (χ4n) is 9.24. The number of nitrogens with zero attached hydrogens (tertiary/aromatic N) is 3. The van der Waals surface area contributed by atoms with Gasteiger partial charge in [0.2, 0.25) is 17.7 Å². The van der Waals surface area contributed by atoms with Crippen LogP contribution in [0.3, 0.4) is 0 Å². The van der Waals surface area contributed by atoms with Gasteiger partial charge in [-0.15, -0.1) is 0 Å². The molecule has 0 radical (unpaired) electrons. The maximum absolute atomic E-state index is 15.4. The molecule has 2 aliphatic heterocycles. The topological polar surface area (TPSA) is 269 Å². The van der Waals surface area contributed by atoms with Crippen LogP contribution >= 0.6 is 0 Å². The summed E-state index contributed by atoms with van der Waals surface area (Å²) in [5, 5.41) is 29.8. The number of cyclic esters (lactones) is 1. The van der Waals surface area contributed by atoms with Crippen molar-refractivity contribution in [2.45, 2.75) is 83.6 Å². The number of aryl methyl sites for hydroxylation is 1. The first-order chi connectivity index (χ1) is 31.5. The summed E-state index contributed by atoms with van der Waals surface area (Å²) in [4.78, 5) is 109. The van der Waals surface area contributed by atoms with E-state index < -0.39 is 65.1 Å². The Morgan fingerprint density at radius 1 is 1.02 bits per heavy atom. The number of carbonyl (C=O) groups is 7. The maximum Gasteiger partial charge on any atom is 0.343 e. The number of carboxylic acids is 1. The third-order valence-corrected chi connectivity index (χ3v) is 12.7. The zero-order chi connectivity index (χ0) is 47.4. The van der Waals surface area contributed by atoms with Crippen LogP contribution in [0.1, 0.15) is 84.0 Å². The molecule has 66 heavy (non-hydrogen) atoms. The van der Waals surface area contributed by atoms with Crippen molar-refractivity contribution in [3.63, 3.8) is 0 Å². The third kappa shape index (κ3) is 9.78. The van der Waals surface area contributed by atoms with Gasteiger partial charge in [0.05, 0.1) is 67.8 Å².